The van der Waals surface area contributed by atoms with Crippen molar-refractivity contribution in [2.24, 2.45) is 4.99 Å². The molecule has 1 nitrogen and oxygen atoms in total. The maximum atomic E-state index is 4.15. The monoisotopic (exact) mass is 119 g/mol. The molecule has 0 unspecified atom stereocenters. The summed E-state index contributed by atoms with van der Waals surface area (Å²) in [6.07, 6.45) is 5.50. The van der Waals surface area contributed by atoms with Gasteiger partial charge in [0.2, 0.25) is 0 Å². The highest BCUT2D eigenvalue weighted by Crippen LogP contribution is 2.01. The van der Waals surface area contributed by atoms with Gasteiger partial charge in [0.25, 0.3) is 0 Å². The molecule has 0 N–H and O–H groups in total. The molecule has 1 aliphatic heterocycles. The van der Waals surface area contributed by atoms with Gasteiger partial charge in [-0.05, 0) is 6.42 Å². The van der Waals surface area contributed by atoms with Crippen LogP contribution >= 0.6 is 0 Å². The Labute approximate surface area is 55.5 Å². The lowest BCUT2D eigenvalue weighted by atomic mass is 10.3. The molecule has 0 amide bonds. The molecule has 0 saturated heterocycles. The standard InChI is InChI=1S/C8H9N/c1-2-8-6-4-3-5-7-9-8/h6-7H,2,5H2,1H3. The molecular formula is C8H9N. The van der Waals surface area contributed by atoms with Crippen LogP contribution in [-0.2, 0) is 0 Å². The minimum absolute atomic E-state index is 0.792. The molecule has 0 aromatic carbocycles. The Morgan fingerprint density at radius 1 is 1.78 bits per heavy atom. The molecule has 0 bridgehead atoms. The number of nitrogens with zero attached hydrogens (tertiary/aromatic N) is 1. The van der Waals surface area contributed by atoms with Crippen molar-refractivity contribution in [2.75, 3.05) is 0 Å². The molecule has 0 fully saturated rings. The van der Waals surface area contributed by atoms with Crippen molar-refractivity contribution >= 4 is 6.21 Å². The highest BCUT2D eigenvalue weighted by Gasteiger charge is 1.87. The van der Waals surface area contributed by atoms with E-state index in [1.54, 1.807) is 0 Å². The molecule has 1 rings (SSSR count). The molecular weight excluding hydrogens is 110 g/mol. The fourth-order valence-corrected chi connectivity index (χ4v) is 0.632. The average Bonchev–Trinajstić information content (AvgIpc) is 2.13. The molecule has 1 aliphatic rings. The summed E-state index contributed by atoms with van der Waals surface area (Å²) in [6, 6.07) is 0. The van der Waals surface area contributed by atoms with Gasteiger partial charge in [-0.15, -0.1) is 0 Å². The van der Waals surface area contributed by atoms with Crippen LogP contribution in [0.1, 0.15) is 19.8 Å². The number of hydrogen-bond acceptors (Lipinski definition) is 1. The van der Waals surface area contributed by atoms with E-state index >= 15 is 0 Å². The Bertz CT molecular complexity index is 200. The molecule has 0 spiro atoms. The first-order valence-corrected chi connectivity index (χ1v) is 3.13. The van der Waals surface area contributed by atoms with E-state index < -0.39 is 0 Å². The number of rotatable bonds is 1. The topological polar surface area (TPSA) is 12.4 Å². The lowest BCUT2D eigenvalue weighted by Crippen LogP contribution is -1.73. The lowest BCUT2D eigenvalue weighted by molar-refractivity contribution is 1.07. The Morgan fingerprint density at radius 2 is 2.67 bits per heavy atom. The van der Waals surface area contributed by atoms with Crippen molar-refractivity contribution in [1.82, 2.24) is 0 Å². The summed E-state index contributed by atoms with van der Waals surface area (Å²) >= 11 is 0. The molecule has 0 aromatic rings. The fourth-order valence-electron chi connectivity index (χ4n) is 0.632. The largest absolute Gasteiger partial charge is 0.264 e. The van der Waals surface area contributed by atoms with Gasteiger partial charge in [-0.25, -0.2) is 0 Å². The molecule has 1 heterocycles. The Balaban J connectivity index is 2.72. The first-order valence-electron chi connectivity index (χ1n) is 3.13. The van der Waals surface area contributed by atoms with Gasteiger partial charge in [-0.2, -0.15) is 0 Å². The molecule has 0 saturated carbocycles. The highest BCUT2D eigenvalue weighted by molar-refractivity contribution is 5.64. The molecule has 0 radical (unpaired) electrons. The van der Waals surface area contributed by atoms with Crippen LogP contribution in [0.2, 0.25) is 0 Å². The van der Waals surface area contributed by atoms with Gasteiger partial charge in [0.05, 0.1) is 0 Å². The van der Waals surface area contributed by atoms with Crippen LogP contribution in [0.25, 0.3) is 0 Å². The zero-order valence-electron chi connectivity index (χ0n) is 5.52. The number of aliphatic imine (C=N–C) groups is 1. The van der Waals surface area contributed by atoms with E-state index in [1.807, 2.05) is 12.3 Å². The van der Waals surface area contributed by atoms with E-state index in [0.29, 0.717) is 0 Å². The maximum Gasteiger partial charge on any atom is 0.0480 e. The third-order valence-electron chi connectivity index (χ3n) is 1.15. The third-order valence-corrected chi connectivity index (χ3v) is 1.15. The van der Waals surface area contributed by atoms with Gasteiger partial charge < -0.3 is 0 Å². The quantitative estimate of drug-likeness (QED) is 0.466. The van der Waals surface area contributed by atoms with E-state index in [0.717, 1.165) is 18.5 Å². The summed E-state index contributed by atoms with van der Waals surface area (Å²) in [5.41, 5.74) is 1.08. The van der Waals surface area contributed by atoms with Gasteiger partial charge in [-0.3, -0.25) is 4.99 Å². The zero-order valence-corrected chi connectivity index (χ0v) is 5.52. The Hall–Kier alpha value is -1.03. The molecule has 9 heavy (non-hydrogen) atoms. The molecule has 0 aliphatic carbocycles. The van der Waals surface area contributed by atoms with E-state index in [9.17, 15) is 0 Å². The van der Waals surface area contributed by atoms with Gasteiger partial charge in [0, 0.05) is 24.4 Å². The Kier molecular flexibility index (Phi) is 2.09. The van der Waals surface area contributed by atoms with Crippen LogP contribution in [0.5, 0.6) is 0 Å². The molecule has 0 aromatic heterocycles. The third kappa shape index (κ3) is 1.73. The average molecular weight is 119 g/mol. The predicted molar refractivity (Wildman–Crippen MR) is 39.3 cm³/mol. The smallest absolute Gasteiger partial charge is 0.0480 e. The van der Waals surface area contributed by atoms with Gasteiger partial charge in [0.1, 0.15) is 0 Å². The molecule has 1 heteroatoms. The summed E-state index contributed by atoms with van der Waals surface area (Å²) < 4.78 is 0. The second kappa shape index (κ2) is 3.09. The van der Waals surface area contributed by atoms with E-state index in [2.05, 4.69) is 23.8 Å². The van der Waals surface area contributed by atoms with Crippen LogP contribution in [0.3, 0.4) is 0 Å². The summed E-state index contributed by atoms with van der Waals surface area (Å²) in [4.78, 5) is 4.15. The van der Waals surface area contributed by atoms with Crippen molar-refractivity contribution in [3.63, 3.8) is 0 Å². The minimum Gasteiger partial charge on any atom is -0.264 e. The van der Waals surface area contributed by atoms with Gasteiger partial charge in [-0.1, -0.05) is 18.8 Å². The minimum atomic E-state index is 0.792. The second-order valence-corrected chi connectivity index (χ2v) is 1.83. The fraction of sp³-hybridized carbons (Fsp3) is 0.375. The maximum absolute atomic E-state index is 4.15. The predicted octanol–water partition coefficient (Wildman–Crippen LogP) is 1.76. The first kappa shape index (κ1) is 6.10. The van der Waals surface area contributed by atoms with Crippen molar-refractivity contribution in [3.05, 3.63) is 11.8 Å². The molecule has 0 atom stereocenters. The molecule has 46 valence electrons. The normalized spacial score (nSPS) is 15.4. The SMILES string of the molecule is CCC1=CC#CCC=N1. The Morgan fingerprint density at radius 3 is 3.44 bits per heavy atom. The number of allylic oxidation sites excluding steroid dienone is 2. The van der Waals surface area contributed by atoms with Crippen molar-refractivity contribution in [3.8, 4) is 11.8 Å². The summed E-state index contributed by atoms with van der Waals surface area (Å²) in [5, 5.41) is 0. The lowest BCUT2D eigenvalue weighted by Gasteiger charge is -1.88. The first-order chi connectivity index (χ1) is 4.43. The van der Waals surface area contributed by atoms with E-state index in [-0.39, 0.29) is 0 Å². The summed E-state index contributed by atoms with van der Waals surface area (Å²) in [7, 11) is 0. The van der Waals surface area contributed by atoms with E-state index in [1.165, 1.54) is 0 Å². The van der Waals surface area contributed by atoms with Crippen LogP contribution in [0, 0.1) is 11.8 Å². The van der Waals surface area contributed by atoms with Crippen LogP contribution in [0.4, 0.5) is 0 Å². The van der Waals surface area contributed by atoms with Crippen molar-refractivity contribution < 1.29 is 0 Å². The van der Waals surface area contributed by atoms with Crippen LogP contribution < -0.4 is 0 Å². The van der Waals surface area contributed by atoms with Crippen LogP contribution in [0.15, 0.2) is 16.8 Å². The summed E-state index contributed by atoms with van der Waals surface area (Å²) in [5.74, 6) is 5.85. The van der Waals surface area contributed by atoms with E-state index in [4.69, 9.17) is 0 Å². The van der Waals surface area contributed by atoms with Crippen LogP contribution in [-0.4, -0.2) is 6.21 Å². The highest BCUT2D eigenvalue weighted by atomic mass is 14.7. The van der Waals surface area contributed by atoms with Gasteiger partial charge in [0.15, 0.2) is 0 Å². The summed E-state index contributed by atoms with van der Waals surface area (Å²) in [6.45, 7) is 2.08. The van der Waals surface area contributed by atoms with Gasteiger partial charge >= 0.3 is 0 Å². The zero-order chi connectivity index (χ0) is 6.53. The second-order valence-electron chi connectivity index (χ2n) is 1.83. The number of hydrogen-bond donors (Lipinski definition) is 0. The van der Waals surface area contributed by atoms with Crippen molar-refractivity contribution in [1.29, 1.82) is 0 Å². The van der Waals surface area contributed by atoms with Crippen molar-refractivity contribution in [2.45, 2.75) is 19.8 Å².